The van der Waals surface area contributed by atoms with E-state index < -0.39 is 27.5 Å². The molecule has 2 atom stereocenters. The number of nitrogens with one attached hydrogen (secondary N) is 3. The third kappa shape index (κ3) is 3.29. The van der Waals surface area contributed by atoms with E-state index in [9.17, 15) is 17.8 Å². The maximum atomic E-state index is 13.3. The summed E-state index contributed by atoms with van der Waals surface area (Å²) in [4.78, 5) is 12.9. The van der Waals surface area contributed by atoms with Gasteiger partial charge in [-0.1, -0.05) is 0 Å². The lowest BCUT2D eigenvalue weighted by molar-refractivity contribution is 0.101. The minimum absolute atomic E-state index is 0.116. The van der Waals surface area contributed by atoms with E-state index in [0.29, 0.717) is 18.4 Å². The number of fused-ring (bicyclic) bond motifs is 1. The lowest BCUT2D eigenvalue weighted by Gasteiger charge is -2.11. The van der Waals surface area contributed by atoms with Crippen molar-refractivity contribution in [1.29, 1.82) is 4.78 Å². The monoisotopic (exact) mass is 368 g/mol. The number of hydrogen-bond donors (Lipinski definition) is 3. The topological polar surface area (TPSA) is 87.0 Å². The van der Waals surface area contributed by atoms with Crippen molar-refractivity contribution in [3.8, 4) is 0 Å². The molecule has 0 saturated heterocycles. The second kappa shape index (κ2) is 6.23. The van der Waals surface area contributed by atoms with Gasteiger partial charge >= 0.3 is 0 Å². The number of nitrogens with zero attached hydrogens (tertiary/aromatic N) is 1. The molecule has 3 N–H and O–H groups in total. The standard InChI is InChI=1S/C16H18F2N4O2S/c1-9-3-5-11-14(25(19,24)21-9)8-22(2)15(11)16(23)20-10-4-6-12(17)13(18)7-10/h4,6-9H,3,5H2,1-2H3,(H,20,23)(H2,19,21,24)/t9-,25?/m1/s1. The Labute approximate surface area is 144 Å². The summed E-state index contributed by atoms with van der Waals surface area (Å²) >= 11 is 0. The summed E-state index contributed by atoms with van der Waals surface area (Å²) < 4.78 is 51.3. The first-order valence-corrected chi connectivity index (χ1v) is 9.25. The number of amides is 1. The summed E-state index contributed by atoms with van der Waals surface area (Å²) in [7, 11) is -1.59. The number of aryl methyl sites for hydroxylation is 1. The maximum absolute atomic E-state index is 13.3. The van der Waals surface area contributed by atoms with E-state index in [2.05, 4.69) is 10.0 Å². The first-order valence-electron chi connectivity index (χ1n) is 7.69. The van der Waals surface area contributed by atoms with E-state index in [1.807, 2.05) is 6.92 Å². The van der Waals surface area contributed by atoms with Gasteiger partial charge in [0.15, 0.2) is 11.6 Å². The van der Waals surface area contributed by atoms with Gasteiger partial charge in [-0.25, -0.2) is 22.5 Å². The minimum Gasteiger partial charge on any atom is -0.345 e. The molecule has 6 nitrogen and oxygen atoms in total. The molecule has 0 saturated carbocycles. The molecule has 2 aromatic rings. The molecule has 9 heteroatoms. The van der Waals surface area contributed by atoms with Crippen molar-refractivity contribution in [2.75, 3.05) is 5.32 Å². The molecule has 25 heavy (non-hydrogen) atoms. The van der Waals surface area contributed by atoms with E-state index in [1.54, 1.807) is 7.05 Å². The van der Waals surface area contributed by atoms with Crippen molar-refractivity contribution >= 4 is 21.5 Å². The lowest BCUT2D eigenvalue weighted by Crippen LogP contribution is -2.29. The Bertz CT molecular complexity index is 953. The highest BCUT2D eigenvalue weighted by molar-refractivity contribution is 7.90. The van der Waals surface area contributed by atoms with Crippen molar-refractivity contribution in [1.82, 2.24) is 9.29 Å². The summed E-state index contributed by atoms with van der Waals surface area (Å²) in [6.07, 6.45) is 2.62. The van der Waals surface area contributed by atoms with Gasteiger partial charge in [0.2, 0.25) is 0 Å². The lowest BCUT2D eigenvalue weighted by atomic mass is 10.1. The predicted molar refractivity (Wildman–Crippen MR) is 89.8 cm³/mol. The van der Waals surface area contributed by atoms with Crippen LogP contribution in [0.5, 0.6) is 0 Å². The van der Waals surface area contributed by atoms with Crippen molar-refractivity contribution in [3.63, 3.8) is 0 Å². The van der Waals surface area contributed by atoms with Crippen LogP contribution >= 0.6 is 0 Å². The molecule has 1 amide bonds. The zero-order valence-electron chi connectivity index (χ0n) is 13.7. The molecule has 0 bridgehead atoms. The summed E-state index contributed by atoms with van der Waals surface area (Å²) in [6, 6.07) is 2.96. The summed E-state index contributed by atoms with van der Waals surface area (Å²) in [5, 5.41) is 2.52. The Morgan fingerprint density at radius 2 is 2.12 bits per heavy atom. The molecule has 2 heterocycles. The molecule has 134 valence electrons. The van der Waals surface area contributed by atoms with E-state index in [-0.39, 0.29) is 22.3 Å². The first kappa shape index (κ1) is 17.6. The van der Waals surface area contributed by atoms with E-state index >= 15 is 0 Å². The second-order valence-electron chi connectivity index (χ2n) is 6.13. The predicted octanol–water partition coefficient (Wildman–Crippen LogP) is 2.80. The maximum Gasteiger partial charge on any atom is 0.272 e. The van der Waals surface area contributed by atoms with Crippen LogP contribution in [0.4, 0.5) is 14.5 Å². The van der Waals surface area contributed by atoms with Gasteiger partial charge in [0, 0.05) is 36.6 Å². The van der Waals surface area contributed by atoms with Crippen LogP contribution < -0.4 is 10.0 Å². The van der Waals surface area contributed by atoms with E-state index in [1.165, 1.54) is 16.8 Å². The molecular weight excluding hydrogens is 350 g/mol. The first-order chi connectivity index (χ1) is 11.7. The van der Waals surface area contributed by atoms with Gasteiger partial charge in [-0.3, -0.25) is 4.79 Å². The Hall–Kier alpha value is -2.26. The second-order valence-corrected chi connectivity index (χ2v) is 7.92. The fourth-order valence-electron chi connectivity index (χ4n) is 2.97. The van der Waals surface area contributed by atoms with Crippen molar-refractivity contribution in [3.05, 3.63) is 47.3 Å². The third-order valence-electron chi connectivity index (χ3n) is 4.14. The number of hydrogen-bond acceptors (Lipinski definition) is 3. The molecule has 1 aromatic carbocycles. The van der Waals surface area contributed by atoms with E-state index in [4.69, 9.17) is 4.78 Å². The smallest absolute Gasteiger partial charge is 0.272 e. The molecule has 0 spiro atoms. The molecule has 1 unspecified atom stereocenters. The fraction of sp³-hybridized carbons (Fsp3) is 0.312. The number of carbonyl (C=O) groups is 1. The van der Waals surface area contributed by atoms with Crippen LogP contribution in [-0.4, -0.2) is 20.7 Å². The molecule has 0 radical (unpaired) electrons. The number of carbonyl (C=O) groups excluding carboxylic acids is 1. The van der Waals surface area contributed by atoms with Crippen LogP contribution in [-0.2, 0) is 23.4 Å². The summed E-state index contributed by atoms with van der Waals surface area (Å²) in [5.74, 6) is -2.59. The van der Waals surface area contributed by atoms with Crippen LogP contribution in [0.2, 0.25) is 0 Å². The average molecular weight is 368 g/mol. The van der Waals surface area contributed by atoms with Crippen LogP contribution in [0, 0.1) is 16.4 Å². The third-order valence-corrected chi connectivity index (χ3v) is 5.85. The zero-order valence-corrected chi connectivity index (χ0v) is 14.5. The molecule has 0 fully saturated rings. The summed E-state index contributed by atoms with van der Waals surface area (Å²) in [5.41, 5.74) is 0.917. The fourth-order valence-corrected chi connectivity index (χ4v) is 4.63. The van der Waals surface area contributed by atoms with Crippen molar-refractivity contribution in [2.24, 2.45) is 7.05 Å². The normalized spacial score (nSPS) is 23.0. The highest BCUT2D eigenvalue weighted by Crippen LogP contribution is 2.28. The Morgan fingerprint density at radius 1 is 1.40 bits per heavy atom. The largest absolute Gasteiger partial charge is 0.345 e. The SMILES string of the molecule is C[C@@H]1CCc2c(cn(C)c2C(=O)Nc2ccc(F)c(F)c2)S(=N)(=O)N1. The Balaban J connectivity index is 1.99. The Morgan fingerprint density at radius 3 is 2.80 bits per heavy atom. The zero-order chi connectivity index (χ0) is 18.4. The quantitative estimate of drug-likeness (QED) is 0.761. The van der Waals surface area contributed by atoms with Crippen LogP contribution in [0.1, 0.15) is 29.4 Å². The van der Waals surface area contributed by atoms with Gasteiger partial charge in [0.05, 0.1) is 4.90 Å². The highest BCUT2D eigenvalue weighted by atomic mass is 32.2. The van der Waals surface area contributed by atoms with Gasteiger partial charge < -0.3 is 9.88 Å². The molecule has 0 aliphatic carbocycles. The number of benzene rings is 1. The Kier molecular flexibility index (Phi) is 4.38. The van der Waals surface area contributed by atoms with Gasteiger partial charge in [-0.05, 0) is 31.9 Å². The minimum atomic E-state index is -3.21. The van der Waals surface area contributed by atoms with Crippen LogP contribution in [0.15, 0.2) is 29.3 Å². The number of rotatable bonds is 2. The average Bonchev–Trinajstić information content (AvgIpc) is 2.81. The van der Waals surface area contributed by atoms with Crippen molar-refractivity contribution in [2.45, 2.75) is 30.7 Å². The number of halogens is 2. The van der Waals surface area contributed by atoms with E-state index in [0.717, 1.165) is 12.1 Å². The number of anilines is 1. The molecule has 1 aromatic heterocycles. The van der Waals surface area contributed by atoms with Crippen molar-refractivity contribution < 1.29 is 17.8 Å². The van der Waals surface area contributed by atoms with Gasteiger partial charge in [-0.2, -0.15) is 0 Å². The van der Waals surface area contributed by atoms with Gasteiger partial charge in [0.25, 0.3) is 5.91 Å². The van der Waals surface area contributed by atoms with Crippen LogP contribution in [0.3, 0.4) is 0 Å². The molecular formula is C16H18F2N4O2S. The molecule has 1 aliphatic heterocycles. The molecule has 1 aliphatic rings. The van der Waals surface area contributed by atoms with Gasteiger partial charge in [-0.15, -0.1) is 0 Å². The van der Waals surface area contributed by atoms with Gasteiger partial charge in [0.1, 0.15) is 15.6 Å². The highest BCUT2D eigenvalue weighted by Gasteiger charge is 2.29. The molecule has 3 rings (SSSR count). The number of aromatic nitrogens is 1. The van der Waals surface area contributed by atoms with Crippen LogP contribution in [0.25, 0.3) is 0 Å². The summed E-state index contributed by atoms with van der Waals surface area (Å²) in [6.45, 7) is 1.83.